The Kier molecular flexibility index (Phi) is 7.61. The first kappa shape index (κ1) is 21.5. The molecule has 0 amide bonds. The van der Waals surface area contributed by atoms with Gasteiger partial charge in [0.15, 0.2) is 11.1 Å². The van der Waals surface area contributed by atoms with E-state index in [0.717, 1.165) is 11.3 Å². The fraction of sp³-hybridized carbons (Fsp3) is 0.538. The lowest BCUT2D eigenvalue weighted by Crippen LogP contribution is -2.42. The van der Waals surface area contributed by atoms with Gasteiger partial charge in [-0.15, -0.1) is 11.3 Å². The van der Waals surface area contributed by atoms with E-state index in [1.165, 1.54) is 6.92 Å². The van der Waals surface area contributed by atoms with Crippen LogP contribution in [0.5, 0.6) is 0 Å². The molecule has 0 saturated heterocycles. The van der Waals surface area contributed by atoms with Crippen molar-refractivity contribution in [1.82, 2.24) is 10.3 Å². The van der Waals surface area contributed by atoms with Crippen molar-refractivity contribution in [3.05, 3.63) is 32.7 Å². The largest absolute Gasteiger partial charge is 0.406 e. The summed E-state index contributed by atoms with van der Waals surface area (Å²) in [4.78, 5) is 14.5. The minimum absolute atomic E-state index is 0.0143. The third kappa shape index (κ3) is 7.13. The van der Waals surface area contributed by atoms with E-state index in [-0.39, 0.29) is 10.8 Å². The zero-order valence-electron chi connectivity index (χ0n) is 14.0. The molecule has 9 nitrogen and oxygen atoms in total. The van der Waals surface area contributed by atoms with Gasteiger partial charge in [0, 0.05) is 11.9 Å². The van der Waals surface area contributed by atoms with Gasteiger partial charge < -0.3 is 21.2 Å². The van der Waals surface area contributed by atoms with E-state index in [1.54, 1.807) is 5.38 Å². The number of nitrogens with two attached hydrogens (primary N) is 2. The maximum atomic E-state index is 12.5. The standard InChI is InChI=1S/C13H20F3N7O2S/c1-8(10(17)23(24)25)20-5-3-2-4-9-6-26-12(21-9)22(11(18)19)7-13(14,15)16/h6,20H,2-5,7,17H2,1H3,(H3,18,19). The average Bonchev–Trinajstić information content (AvgIpc) is 2.98. The van der Waals surface area contributed by atoms with E-state index in [0.29, 0.717) is 36.4 Å². The van der Waals surface area contributed by atoms with Crippen molar-refractivity contribution in [2.45, 2.75) is 32.4 Å². The van der Waals surface area contributed by atoms with E-state index < -0.39 is 29.4 Å². The van der Waals surface area contributed by atoms with Gasteiger partial charge >= 0.3 is 12.0 Å². The second kappa shape index (κ2) is 9.22. The number of hydrogen-bond acceptors (Lipinski definition) is 7. The normalized spacial score (nSPS) is 12.5. The Morgan fingerprint density at radius 2 is 2.12 bits per heavy atom. The molecule has 0 aliphatic rings. The molecule has 0 aliphatic carbocycles. The molecule has 13 heteroatoms. The van der Waals surface area contributed by atoms with E-state index in [1.807, 2.05) is 0 Å². The zero-order valence-corrected chi connectivity index (χ0v) is 14.8. The Labute approximate surface area is 151 Å². The molecule has 0 aliphatic heterocycles. The molecule has 1 aromatic heterocycles. The molecular weight excluding hydrogens is 375 g/mol. The molecule has 0 unspecified atom stereocenters. The maximum Gasteiger partial charge on any atom is 0.406 e. The number of nitrogens with one attached hydrogen (secondary N) is 2. The summed E-state index contributed by atoms with van der Waals surface area (Å²) < 4.78 is 37.6. The van der Waals surface area contributed by atoms with Gasteiger partial charge in [-0.3, -0.25) is 16.0 Å². The molecule has 146 valence electrons. The summed E-state index contributed by atoms with van der Waals surface area (Å²) in [6, 6.07) is 0. The molecule has 6 N–H and O–H groups in total. The number of aromatic nitrogens is 1. The molecular formula is C13H20F3N7O2S. The van der Waals surface area contributed by atoms with Crippen LogP contribution in [0.3, 0.4) is 0 Å². The van der Waals surface area contributed by atoms with Crippen molar-refractivity contribution in [1.29, 1.82) is 5.41 Å². The molecule has 0 radical (unpaired) electrons. The van der Waals surface area contributed by atoms with Crippen LogP contribution in [0.4, 0.5) is 18.3 Å². The molecule has 1 aromatic rings. The fourth-order valence-electron chi connectivity index (χ4n) is 1.90. The third-order valence-corrected chi connectivity index (χ3v) is 4.14. The number of nitro groups is 1. The lowest BCUT2D eigenvalue weighted by molar-refractivity contribution is -0.428. The van der Waals surface area contributed by atoms with Gasteiger partial charge in [-0.2, -0.15) is 13.2 Å². The highest BCUT2D eigenvalue weighted by atomic mass is 32.1. The minimum atomic E-state index is -4.50. The molecule has 0 aromatic carbocycles. The van der Waals surface area contributed by atoms with Crippen LogP contribution in [0, 0.1) is 15.5 Å². The predicted molar refractivity (Wildman–Crippen MR) is 92.3 cm³/mol. The summed E-state index contributed by atoms with van der Waals surface area (Å²) in [5.74, 6) is -1.17. The predicted octanol–water partition coefficient (Wildman–Crippen LogP) is 1.74. The Morgan fingerprint density at radius 3 is 2.65 bits per heavy atom. The first-order valence-corrected chi connectivity index (χ1v) is 8.36. The second-order valence-corrected chi connectivity index (χ2v) is 6.20. The Bertz CT molecular complexity index is 675. The molecule has 0 spiro atoms. The summed E-state index contributed by atoms with van der Waals surface area (Å²) in [7, 11) is 0. The van der Waals surface area contributed by atoms with Crippen LogP contribution in [0.25, 0.3) is 0 Å². The molecule has 1 rings (SSSR count). The molecule has 26 heavy (non-hydrogen) atoms. The lowest BCUT2D eigenvalue weighted by Gasteiger charge is -2.20. The number of anilines is 1. The Balaban J connectivity index is 2.50. The summed E-state index contributed by atoms with van der Waals surface area (Å²) in [5, 5.41) is 22.2. The van der Waals surface area contributed by atoms with Crippen molar-refractivity contribution in [3.63, 3.8) is 0 Å². The summed E-state index contributed by atoms with van der Waals surface area (Å²) in [6.07, 6.45) is -2.65. The van der Waals surface area contributed by atoms with E-state index in [4.69, 9.17) is 16.9 Å². The number of allylic oxidation sites excluding steroid dienone is 1. The molecule has 0 saturated carbocycles. The summed E-state index contributed by atoms with van der Waals surface area (Å²) >= 11 is 0.982. The number of guanidine groups is 1. The van der Waals surface area contributed by atoms with Crippen LogP contribution in [0.15, 0.2) is 16.9 Å². The summed E-state index contributed by atoms with van der Waals surface area (Å²) in [5.41, 5.74) is 11.3. The first-order chi connectivity index (χ1) is 12.0. The van der Waals surface area contributed by atoms with Crippen LogP contribution in [0.1, 0.15) is 25.5 Å². The Morgan fingerprint density at radius 1 is 1.46 bits per heavy atom. The Hall–Kier alpha value is -2.57. The SMILES string of the molecule is CC(NCCCCc1csc(N(CC(F)(F)F)C(=N)N)n1)=C(N)[N+](=O)[O-]. The van der Waals surface area contributed by atoms with Gasteiger partial charge in [-0.1, -0.05) is 0 Å². The molecule has 0 bridgehead atoms. The number of rotatable bonds is 9. The quantitative estimate of drug-likeness (QED) is 0.164. The molecule has 0 fully saturated rings. The average molecular weight is 395 g/mol. The van der Waals surface area contributed by atoms with Crippen LogP contribution in [-0.4, -0.2) is 35.1 Å². The van der Waals surface area contributed by atoms with Crippen molar-refractivity contribution < 1.29 is 18.1 Å². The number of aryl methyl sites for hydroxylation is 1. The molecule has 1 heterocycles. The van der Waals surface area contributed by atoms with Crippen LogP contribution in [-0.2, 0) is 6.42 Å². The monoisotopic (exact) mass is 395 g/mol. The zero-order chi connectivity index (χ0) is 19.9. The number of hydrogen-bond donors (Lipinski definition) is 4. The van der Waals surface area contributed by atoms with Gasteiger partial charge in [0.1, 0.15) is 12.2 Å². The highest BCUT2D eigenvalue weighted by Crippen LogP contribution is 2.25. The van der Waals surface area contributed by atoms with Gasteiger partial charge in [-0.25, -0.2) is 4.98 Å². The van der Waals surface area contributed by atoms with E-state index in [9.17, 15) is 23.3 Å². The maximum absolute atomic E-state index is 12.5. The number of nitrogens with zero attached hydrogens (tertiary/aromatic N) is 3. The van der Waals surface area contributed by atoms with Crippen LogP contribution >= 0.6 is 11.3 Å². The van der Waals surface area contributed by atoms with E-state index >= 15 is 0 Å². The van der Waals surface area contributed by atoms with Gasteiger partial charge in [0.05, 0.1) is 5.69 Å². The van der Waals surface area contributed by atoms with Crippen LogP contribution in [0.2, 0.25) is 0 Å². The highest BCUT2D eigenvalue weighted by Gasteiger charge is 2.33. The smallest absolute Gasteiger partial charge is 0.382 e. The minimum Gasteiger partial charge on any atom is -0.382 e. The summed E-state index contributed by atoms with van der Waals surface area (Å²) in [6.45, 7) is 0.593. The lowest BCUT2D eigenvalue weighted by atomic mass is 10.2. The number of thiazole rings is 1. The third-order valence-electron chi connectivity index (χ3n) is 3.23. The van der Waals surface area contributed by atoms with Crippen molar-refractivity contribution in [3.8, 4) is 0 Å². The van der Waals surface area contributed by atoms with Crippen molar-refractivity contribution in [2.75, 3.05) is 18.0 Å². The van der Waals surface area contributed by atoms with Crippen molar-refractivity contribution in [2.24, 2.45) is 11.5 Å². The van der Waals surface area contributed by atoms with E-state index in [2.05, 4.69) is 10.3 Å². The fourth-order valence-corrected chi connectivity index (χ4v) is 2.78. The van der Waals surface area contributed by atoms with Gasteiger partial charge in [0.25, 0.3) is 0 Å². The topological polar surface area (TPSA) is 147 Å². The second-order valence-electron chi connectivity index (χ2n) is 5.36. The number of halogens is 3. The van der Waals surface area contributed by atoms with Gasteiger partial charge in [-0.05, 0) is 31.1 Å². The molecule has 0 atom stereocenters. The van der Waals surface area contributed by atoms with Gasteiger partial charge in [0.2, 0.25) is 0 Å². The first-order valence-electron chi connectivity index (χ1n) is 7.48. The number of unbranched alkanes of at least 4 members (excludes halogenated alkanes) is 1. The number of alkyl halides is 3. The van der Waals surface area contributed by atoms with Crippen molar-refractivity contribution >= 4 is 22.4 Å². The highest BCUT2D eigenvalue weighted by molar-refractivity contribution is 7.14. The van der Waals surface area contributed by atoms with Crippen LogP contribution < -0.4 is 21.7 Å².